The first-order chi connectivity index (χ1) is 8.68. The molecule has 0 radical (unpaired) electrons. The smallest absolute Gasteiger partial charge is 0.204 e. The minimum Gasteiger partial charge on any atom is -0.361 e. The van der Waals surface area contributed by atoms with Crippen LogP contribution in [-0.4, -0.2) is 50.9 Å². The molecule has 6 nitrogen and oxygen atoms in total. The van der Waals surface area contributed by atoms with Crippen LogP contribution in [0, 0.1) is 0 Å². The van der Waals surface area contributed by atoms with Crippen LogP contribution >= 0.6 is 0 Å². The largest absolute Gasteiger partial charge is 0.361 e. The highest BCUT2D eigenvalue weighted by Crippen LogP contribution is 2.31. The number of hydrogen-bond acceptors (Lipinski definition) is 6. The van der Waals surface area contributed by atoms with Crippen molar-refractivity contribution in [3.63, 3.8) is 0 Å². The van der Waals surface area contributed by atoms with Crippen molar-refractivity contribution in [1.29, 1.82) is 0 Å². The lowest BCUT2D eigenvalue weighted by Crippen LogP contribution is -2.54. The highest BCUT2D eigenvalue weighted by Gasteiger charge is 2.50. The maximum Gasteiger partial charge on any atom is 0.204 e. The lowest BCUT2D eigenvalue weighted by Gasteiger charge is -2.34. The van der Waals surface area contributed by atoms with Gasteiger partial charge in [0.1, 0.15) is 10.5 Å². The molecule has 0 spiro atoms. The van der Waals surface area contributed by atoms with Crippen LogP contribution in [0.2, 0.25) is 0 Å². The van der Waals surface area contributed by atoms with Gasteiger partial charge < -0.3 is 20.4 Å². The van der Waals surface area contributed by atoms with Crippen molar-refractivity contribution < 1.29 is 28.8 Å². The van der Waals surface area contributed by atoms with E-state index in [4.69, 9.17) is 0 Å². The summed E-state index contributed by atoms with van der Waals surface area (Å²) in [5.41, 5.74) is 0. The molecular weight excluding hydrogens is 272 g/mol. The monoisotopic (exact) mass is 286 g/mol. The lowest BCUT2D eigenvalue weighted by atomic mass is 10.1. The molecule has 7 heteroatoms. The number of hydrogen-bond donors (Lipinski definition) is 4. The molecule has 0 saturated carbocycles. The first-order valence-corrected chi connectivity index (χ1v) is 7.13. The van der Waals surface area contributed by atoms with Gasteiger partial charge in [0.25, 0.3) is 0 Å². The second-order valence-electron chi connectivity index (χ2n) is 4.48. The van der Waals surface area contributed by atoms with Crippen LogP contribution in [0.25, 0.3) is 0 Å². The standard InChI is InChI=1S/C12H14O6S/c13-11(14)7-3-1-5-9(11)19(17,18)10-6-2-4-8-12(10,15)16/h1-10,13-16H. The van der Waals surface area contributed by atoms with E-state index in [0.29, 0.717) is 0 Å². The quantitative estimate of drug-likeness (QED) is 0.472. The third-order valence-electron chi connectivity index (χ3n) is 3.02. The first kappa shape index (κ1) is 14.2. The van der Waals surface area contributed by atoms with Crippen LogP contribution in [0.3, 0.4) is 0 Å². The zero-order chi connectivity index (χ0) is 14.3. The van der Waals surface area contributed by atoms with Crippen LogP contribution in [0.1, 0.15) is 0 Å². The molecule has 2 unspecified atom stereocenters. The predicted molar refractivity (Wildman–Crippen MR) is 67.4 cm³/mol. The van der Waals surface area contributed by atoms with E-state index in [2.05, 4.69) is 0 Å². The third-order valence-corrected chi connectivity index (χ3v) is 5.45. The average molecular weight is 286 g/mol. The Kier molecular flexibility index (Phi) is 3.28. The van der Waals surface area contributed by atoms with E-state index in [1.807, 2.05) is 0 Å². The zero-order valence-corrected chi connectivity index (χ0v) is 10.6. The van der Waals surface area contributed by atoms with Gasteiger partial charge in [0.15, 0.2) is 9.84 Å². The fourth-order valence-electron chi connectivity index (χ4n) is 2.06. The van der Waals surface area contributed by atoms with Crippen LogP contribution in [0.15, 0.2) is 48.6 Å². The molecule has 0 aromatic heterocycles. The van der Waals surface area contributed by atoms with Crippen molar-refractivity contribution in [3.05, 3.63) is 48.6 Å². The van der Waals surface area contributed by atoms with Gasteiger partial charge in [0.05, 0.1) is 0 Å². The molecule has 2 aliphatic carbocycles. The molecule has 4 N–H and O–H groups in total. The normalized spacial score (nSPS) is 31.6. The molecule has 2 atom stereocenters. The van der Waals surface area contributed by atoms with E-state index >= 15 is 0 Å². The lowest BCUT2D eigenvalue weighted by molar-refractivity contribution is -0.118. The second-order valence-corrected chi connectivity index (χ2v) is 6.68. The highest BCUT2D eigenvalue weighted by atomic mass is 32.2. The Morgan fingerprint density at radius 1 is 0.737 bits per heavy atom. The van der Waals surface area contributed by atoms with Gasteiger partial charge in [0.2, 0.25) is 11.6 Å². The Morgan fingerprint density at radius 3 is 1.42 bits per heavy atom. The molecule has 0 aromatic rings. The molecule has 0 fully saturated rings. The minimum atomic E-state index is -4.28. The van der Waals surface area contributed by atoms with Crippen LogP contribution in [0.5, 0.6) is 0 Å². The summed E-state index contributed by atoms with van der Waals surface area (Å²) in [5.74, 6) is -5.17. The summed E-state index contributed by atoms with van der Waals surface area (Å²) in [5, 5.41) is 35.5. The highest BCUT2D eigenvalue weighted by molar-refractivity contribution is 7.93. The van der Waals surface area contributed by atoms with E-state index in [9.17, 15) is 28.8 Å². The molecule has 0 heterocycles. The Hall–Kier alpha value is -1.25. The minimum absolute atomic E-state index is 0.925. The Labute approximate surface area is 110 Å². The molecule has 0 saturated heterocycles. The summed E-state index contributed by atoms with van der Waals surface area (Å²) < 4.78 is 24.7. The summed E-state index contributed by atoms with van der Waals surface area (Å²) in [4.78, 5) is 0. The summed E-state index contributed by atoms with van der Waals surface area (Å²) in [6.45, 7) is 0. The molecule has 104 valence electrons. The molecule has 2 aliphatic rings. The van der Waals surface area contributed by atoms with Crippen LogP contribution in [-0.2, 0) is 9.84 Å². The van der Waals surface area contributed by atoms with Gasteiger partial charge in [0, 0.05) is 0 Å². The fourth-order valence-corrected chi connectivity index (χ4v) is 4.12. The summed E-state index contributed by atoms with van der Waals surface area (Å²) in [6, 6.07) is 0. The van der Waals surface area contributed by atoms with Crippen molar-refractivity contribution in [2.75, 3.05) is 0 Å². The zero-order valence-electron chi connectivity index (χ0n) is 9.79. The third kappa shape index (κ3) is 2.43. The fraction of sp³-hybridized carbons (Fsp3) is 0.333. The summed E-state index contributed by atoms with van der Waals surface area (Å²) >= 11 is 0. The van der Waals surface area contributed by atoms with Crippen molar-refractivity contribution in [2.24, 2.45) is 0 Å². The SMILES string of the molecule is O=S(=O)(C1C=CC=CC1(O)O)C1C=CC=CC1(O)O. The van der Waals surface area contributed by atoms with Gasteiger partial charge in [-0.2, -0.15) is 0 Å². The van der Waals surface area contributed by atoms with Gasteiger partial charge in [-0.3, -0.25) is 0 Å². The van der Waals surface area contributed by atoms with Crippen LogP contribution < -0.4 is 0 Å². The van der Waals surface area contributed by atoms with Crippen molar-refractivity contribution in [1.82, 2.24) is 0 Å². The van der Waals surface area contributed by atoms with Gasteiger partial charge in [-0.25, -0.2) is 8.42 Å². The Bertz CT molecular complexity index is 533. The summed E-state index contributed by atoms with van der Waals surface area (Å²) in [7, 11) is -4.28. The van der Waals surface area contributed by atoms with Gasteiger partial charge >= 0.3 is 0 Å². The molecule has 0 amide bonds. The van der Waals surface area contributed by atoms with E-state index in [1.165, 1.54) is 24.3 Å². The van der Waals surface area contributed by atoms with Gasteiger partial charge in [-0.15, -0.1) is 0 Å². The van der Waals surface area contributed by atoms with E-state index in [0.717, 1.165) is 24.3 Å². The molecule has 0 aromatic carbocycles. The van der Waals surface area contributed by atoms with E-state index in [1.54, 1.807) is 0 Å². The van der Waals surface area contributed by atoms with Crippen molar-refractivity contribution >= 4 is 9.84 Å². The van der Waals surface area contributed by atoms with Crippen molar-refractivity contribution in [3.8, 4) is 0 Å². The van der Waals surface area contributed by atoms with Gasteiger partial charge in [-0.05, 0) is 12.2 Å². The Balaban J connectivity index is 2.44. The molecule has 2 rings (SSSR count). The van der Waals surface area contributed by atoms with E-state index in [-0.39, 0.29) is 0 Å². The topological polar surface area (TPSA) is 115 Å². The second kappa shape index (κ2) is 4.39. The molecule has 0 aliphatic heterocycles. The number of sulfone groups is 1. The maximum absolute atomic E-state index is 12.4. The van der Waals surface area contributed by atoms with Gasteiger partial charge in [-0.1, -0.05) is 36.5 Å². The number of allylic oxidation sites excluding steroid dienone is 4. The average Bonchev–Trinajstić information content (AvgIpc) is 2.26. The number of aliphatic hydroxyl groups is 4. The van der Waals surface area contributed by atoms with E-state index < -0.39 is 31.9 Å². The molecular formula is C12H14O6S. The number of rotatable bonds is 2. The van der Waals surface area contributed by atoms with Crippen molar-refractivity contribution in [2.45, 2.75) is 22.1 Å². The first-order valence-electron chi connectivity index (χ1n) is 5.52. The predicted octanol–water partition coefficient (Wildman–Crippen LogP) is -1.25. The molecule has 0 bridgehead atoms. The summed E-state index contributed by atoms with van der Waals surface area (Å²) in [6.07, 6.45) is 9.34. The Morgan fingerprint density at radius 2 is 1.11 bits per heavy atom. The maximum atomic E-state index is 12.4. The molecule has 19 heavy (non-hydrogen) atoms. The van der Waals surface area contributed by atoms with Crippen LogP contribution in [0.4, 0.5) is 0 Å².